The molecule has 6 unspecified atom stereocenters. The van der Waals surface area contributed by atoms with Crippen LogP contribution in [0.1, 0.15) is 290 Å². The van der Waals surface area contributed by atoms with E-state index in [-0.39, 0.29) is 19.6 Å². The second-order valence-electron chi connectivity index (χ2n) is 21.7. The van der Waals surface area contributed by atoms with Gasteiger partial charge in [-0.25, -0.2) is 4.18 Å². The van der Waals surface area contributed by atoms with Crippen LogP contribution < -0.4 is 0 Å². The highest BCUT2D eigenvalue weighted by Gasteiger charge is 2.48. The van der Waals surface area contributed by atoms with Gasteiger partial charge in [0.05, 0.1) is 19.8 Å². The van der Waals surface area contributed by atoms with Gasteiger partial charge in [-0.3, -0.25) is 9.35 Å². The lowest BCUT2D eigenvalue weighted by atomic mass is 9.99. The van der Waals surface area contributed by atoms with E-state index in [1.54, 1.807) is 0 Å². The Hall–Kier alpha value is -1.68. The fraction of sp³-hybridized carbons (Fsp3) is 0.887. The largest absolute Gasteiger partial charge is 0.457 e. The van der Waals surface area contributed by atoms with Crippen molar-refractivity contribution in [1.29, 1.82) is 0 Å². The van der Waals surface area contributed by atoms with E-state index in [1.807, 2.05) is 0 Å². The van der Waals surface area contributed by atoms with Crippen molar-refractivity contribution in [2.24, 2.45) is 0 Å². The normalized spacial score (nSPS) is 18.8. The SMILES string of the molecule is CCCCCCC/C=C\C/C=C\C/C=C\CCCCCCCCCCCCC(=O)OC(COCCCCCCCCCCCCCCCCCCCCCCCCC)COC1OC(CO)C(O)C(OS(=O)(=O)O)C1O. The quantitative estimate of drug-likeness (QED) is 0.0196. The lowest BCUT2D eigenvalue weighted by Crippen LogP contribution is -2.60. The predicted octanol–water partition coefficient (Wildman–Crippen LogP) is 16.0. The van der Waals surface area contributed by atoms with E-state index in [2.05, 4.69) is 54.5 Å². The molecule has 1 aliphatic heterocycles. The second kappa shape index (κ2) is 53.0. The highest BCUT2D eigenvalue weighted by atomic mass is 32.3. The van der Waals surface area contributed by atoms with Crippen LogP contribution in [0.2, 0.25) is 0 Å². The van der Waals surface area contributed by atoms with E-state index in [1.165, 1.54) is 205 Å². The van der Waals surface area contributed by atoms with Crippen LogP contribution in [0.25, 0.3) is 0 Å². The first-order valence-electron chi connectivity index (χ1n) is 31.2. The highest BCUT2D eigenvalue weighted by Crippen LogP contribution is 2.26. The van der Waals surface area contributed by atoms with Crippen molar-refractivity contribution < 1.29 is 56.2 Å². The zero-order chi connectivity index (χ0) is 54.6. The van der Waals surface area contributed by atoms with Gasteiger partial charge in [0.1, 0.15) is 30.5 Å². The molecule has 0 bridgehead atoms. The molecule has 0 aliphatic carbocycles. The molecule has 1 aliphatic rings. The average molecular weight is 1090 g/mol. The maximum atomic E-state index is 13.0. The van der Waals surface area contributed by atoms with Crippen LogP contribution in [0.4, 0.5) is 0 Å². The summed E-state index contributed by atoms with van der Waals surface area (Å²) in [5, 5.41) is 30.9. The number of allylic oxidation sites excluding steroid dienone is 6. The number of hydrogen-bond acceptors (Lipinski definition) is 11. The number of esters is 1. The van der Waals surface area contributed by atoms with E-state index >= 15 is 0 Å². The molecule has 0 radical (unpaired) electrons. The highest BCUT2D eigenvalue weighted by molar-refractivity contribution is 7.80. The average Bonchev–Trinajstić information content (AvgIpc) is 3.39. The minimum atomic E-state index is -5.07. The van der Waals surface area contributed by atoms with Gasteiger partial charge < -0.3 is 34.3 Å². The first-order valence-corrected chi connectivity index (χ1v) is 32.6. The molecule has 1 saturated heterocycles. The summed E-state index contributed by atoms with van der Waals surface area (Å²) in [6, 6.07) is 0. The molecule has 1 fully saturated rings. The van der Waals surface area contributed by atoms with Crippen LogP contribution in [-0.2, 0) is 38.3 Å². The van der Waals surface area contributed by atoms with Crippen molar-refractivity contribution in [2.45, 2.75) is 327 Å². The van der Waals surface area contributed by atoms with Gasteiger partial charge in [-0.15, -0.1) is 0 Å². The first kappa shape index (κ1) is 71.3. The Bertz CT molecular complexity index is 1440. The number of ether oxygens (including phenoxy) is 4. The van der Waals surface area contributed by atoms with E-state index in [4.69, 9.17) is 18.9 Å². The van der Waals surface area contributed by atoms with Gasteiger partial charge >= 0.3 is 16.4 Å². The summed E-state index contributed by atoms with van der Waals surface area (Å²) in [5.74, 6) is -0.397. The van der Waals surface area contributed by atoms with Gasteiger partial charge in [0.15, 0.2) is 6.29 Å². The van der Waals surface area contributed by atoms with Crippen LogP contribution in [0.3, 0.4) is 0 Å². The Morgan fingerprint density at radius 1 is 0.507 bits per heavy atom. The molecule has 4 N–H and O–H groups in total. The monoisotopic (exact) mass is 1080 g/mol. The van der Waals surface area contributed by atoms with E-state index in [0.29, 0.717) is 13.0 Å². The molecular weight excluding hydrogens is 969 g/mol. The molecule has 0 amide bonds. The maximum absolute atomic E-state index is 13.0. The van der Waals surface area contributed by atoms with Crippen molar-refractivity contribution in [3.05, 3.63) is 36.5 Å². The lowest BCUT2D eigenvalue weighted by molar-refractivity contribution is -0.301. The molecule has 0 spiro atoms. The summed E-state index contributed by atoms with van der Waals surface area (Å²) in [7, 11) is -5.07. The summed E-state index contributed by atoms with van der Waals surface area (Å²) in [6.07, 6.45) is 57.6. The Kier molecular flexibility index (Phi) is 50.4. The van der Waals surface area contributed by atoms with Gasteiger partial charge in [0, 0.05) is 13.0 Å². The fourth-order valence-electron chi connectivity index (χ4n) is 9.80. The molecule has 6 atom stereocenters. The molecule has 1 rings (SSSR count). The van der Waals surface area contributed by atoms with E-state index in [0.717, 1.165) is 57.8 Å². The molecule has 12 nitrogen and oxygen atoms in total. The van der Waals surface area contributed by atoms with Crippen LogP contribution in [0.15, 0.2) is 36.5 Å². The number of unbranched alkanes of at least 4 members (excludes halogenated alkanes) is 37. The van der Waals surface area contributed by atoms with Gasteiger partial charge in [-0.1, -0.05) is 269 Å². The van der Waals surface area contributed by atoms with Gasteiger partial charge in [0.25, 0.3) is 0 Å². The molecule has 0 aromatic heterocycles. The molecule has 13 heteroatoms. The molecular formula is C62H116O12S. The molecule has 0 aromatic rings. The Morgan fingerprint density at radius 2 is 0.880 bits per heavy atom. The summed E-state index contributed by atoms with van der Waals surface area (Å²) >= 11 is 0. The maximum Gasteiger partial charge on any atom is 0.397 e. The van der Waals surface area contributed by atoms with Crippen LogP contribution in [0.5, 0.6) is 0 Å². The smallest absolute Gasteiger partial charge is 0.397 e. The molecule has 75 heavy (non-hydrogen) atoms. The molecule has 442 valence electrons. The lowest BCUT2D eigenvalue weighted by Gasteiger charge is -2.41. The number of aliphatic hydroxyl groups is 3. The van der Waals surface area contributed by atoms with E-state index < -0.39 is 59.8 Å². The van der Waals surface area contributed by atoms with Gasteiger partial charge in [0.2, 0.25) is 0 Å². The minimum absolute atomic E-state index is 0.0385. The van der Waals surface area contributed by atoms with Crippen molar-refractivity contribution in [1.82, 2.24) is 0 Å². The molecule has 0 aromatic carbocycles. The van der Waals surface area contributed by atoms with Gasteiger partial charge in [-0.2, -0.15) is 8.42 Å². The summed E-state index contributed by atoms with van der Waals surface area (Å²) in [4.78, 5) is 13.0. The Morgan fingerprint density at radius 3 is 1.28 bits per heavy atom. The minimum Gasteiger partial charge on any atom is -0.457 e. The standard InChI is InChI=1S/C62H116O12S/c1-3-5-7-9-11-13-15-17-19-21-23-25-27-28-29-31-33-35-37-39-41-43-45-47-49-51-58(64)72-56(55-71-62-60(66)61(74-75(67,68)69)59(65)57(53-63)73-62)54-70-52-50-48-46-44-42-40-38-36-34-32-30-26-24-22-20-18-16-14-12-10-8-6-4-2/h15,17,21,23,27-28,56-57,59-63,65-66H,3-14,16,18-20,22,24-26,29-55H2,1-2H3,(H,67,68,69)/b17-15-,23-21-,28-27-. The van der Waals surface area contributed by atoms with Crippen LogP contribution >= 0.6 is 0 Å². The third kappa shape index (κ3) is 45.8. The van der Waals surface area contributed by atoms with Crippen molar-refractivity contribution >= 4 is 16.4 Å². The Balaban J connectivity index is 2.26. The molecule has 1 heterocycles. The third-order valence-electron chi connectivity index (χ3n) is 14.5. The van der Waals surface area contributed by atoms with Crippen LogP contribution in [-0.4, -0.2) is 97.5 Å². The number of carbonyl (C=O) groups is 1. The van der Waals surface area contributed by atoms with Crippen molar-refractivity contribution in [2.75, 3.05) is 26.4 Å². The van der Waals surface area contributed by atoms with Gasteiger partial charge in [-0.05, 0) is 51.4 Å². The number of carbonyl (C=O) groups excluding carboxylic acids is 1. The van der Waals surface area contributed by atoms with Crippen LogP contribution in [0, 0.1) is 0 Å². The number of aliphatic hydroxyl groups excluding tert-OH is 3. The summed E-state index contributed by atoms with van der Waals surface area (Å²) < 4.78 is 59.5. The second-order valence-corrected chi connectivity index (χ2v) is 22.7. The predicted molar refractivity (Wildman–Crippen MR) is 308 cm³/mol. The first-order chi connectivity index (χ1) is 36.6. The summed E-state index contributed by atoms with van der Waals surface area (Å²) in [6.45, 7) is 4.04. The van der Waals surface area contributed by atoms with Crippen molar-refractivity contribution in [3.8, 4) is 0 Å². The third-order valence-corrected chi connectivity index (χ3v) is 15.0. The fourth-order valence-corrected chi connectivity index (χ4v) is 10.3. The summed E-state index contributed by atoms with van der Waals surface area (Å²) in [5.41, 5.74) is 0. The number of hydrogen-bond donors (Lipinski definition) is 4. The zero-order valence-electron chi connectivity index (χ0n) is 48.1. The van der Waals surface area contributed by atoms with E-state index in [9.17, 15) is 33.1 Å². The topological polar surface area (TPSA) is 178 Å². The van der Waals surface area contributed by atoms with Crippen molar-refractivity contribution in [3.63, 3.8) is 0 Å². The zero-order valence-corrected chi connectivity index (χ0v) is 48.9. The Labute approximate surface area is 460 Å². The molecule has 0 saturated carbocycles. The number of rotatable bonds is 56.